The zero-order valence-electron chi connectivity index (χ0n) is 15.0. The van der Waals surface area contributed by atoms with Crippen LogP contribution in [0.2, 0.25) is 5.02 Å². The number of aromatic nitrogens is 1. The average Bonchev–Trinajstić information content (AvgIpc) is 3.16. The molecule has 2 aromatic carbocycles. The Balaban J connectivity index is 1.66. The first kappa shape index (κ1) is 17.9. The number of nitro benzene ring substituents is 1. The number of hydrogen-bond acceptors (Lipinski definition) is 3. The van der Waals surface area contributed by atoms with Crippen LogP contribution in [0, 0.1) is 10.1 Å². The van der Waals surface area contributed by atoms with Crippen LogP contribution >= 0.6 is 11.6 Å². The van der Waals surface area contributed by atoms with Gasteiger partial charge in [0.2, 0.25) is 11.2 Å². The maximum Gasteiger partial charge on any atom is 0.281 e. The minimum absolute atomic E-state index is 0.0849. The summed E-state index contributed by atoms with van der Waals surface area (Å²) in [4.78, 5) is 10.8. The van der Waals surface area contributed by atoms with Gasteiger partial charge in [0.1, 0.15) is 18.6 Å². The minimum atomic E-state index is -0.464. The normalized spacial score (nSPS) is 11.4. The maximum atomic E-state index is 11.3. The molecule has 0 aliphatic heterocycles. The van der Waals surface area contributed by atoms with Gasteiger partial charge < -0.3 is 4.42 Å². The lowest BCUT2D eigenvalue weighted by Gasteiger charge is -2.00. The molecule has 4 rings (SSSR count). The first-order chi connectivity index (χ1) is 13.5. The van der Waals surface area contributed by atoms with Crippen molar-refractivity contribution in [2.45, 2.75) is 0 Å². The second-order valence-electron chi connectivity index (χ2n) is 6.33. The van der Waals surface area contributed by atoms with Gasteiger partial charge in [-0.25, -0.2) is 0 Å². The van der Waals surface area contributed by atoms with E-state index in [9.17, 15) is 10.1 Å². The number of benzene rings is 2. The number of hydrogen-bond donors (Lipinski definition) is 0. The predicted molar refractivity (Wildman–Crippen MR) is 110 cm³/mol. The van der Waals surface area contributed by atoms with E-state index in [1.807, 2.05) is 37.4 Å². The quantitative estimate of drug-likeness (QED) is 0.256. The van der Waals surface area contributed by atoms with Gasteiger partial charge >= 0.3 is 0 Å². The summed E-state index contributed by atoms with van der Waals surface area (Å²) >= 11 is 5.88. The fourth-order valence-corrected chi connectivity index (χ4v) is 3.31. The molecule has 0 bridgehead atoms. The first-order valence-corrected chi connectivity index (χ1v) is 9.01. The Morgan fingerprint density at radius 1 is 1.04 bits per heavy atom. The number of halogens is 1. The lowest BCUT2D eigenvalue weighted by molar-refractivity contribution is -0.646. The molecule has 28 heavy (non-hydrogen) atoms. The molecule has 0 N–H and O–H groups in total. The number of nitro groups is 1. The van der Waals surface area contributed by atoms with Crippen LogP contribution < -0.4 is 4.57 Å². The number of para-hydroxylation sites is 1. The summed E-state index contributed by atoms with van der Waals surface area (Å²) in [7, 11) is 2.01. The summed E-state index contributed by atoms with van der Waals surface area (Å²) < 4.78 is 7.90. The monoisotopic (exact) mass is 391 g/mol. The number of fused-ring (bicyclic) bond motifs is 1. The molecule has 2 aromatic heterocycles. The fourth-order valence-electron chi connectivity index (χ4n) is 3.15. The van der Waals surface area contributed by atoms with Gasteiger partial charge in [0.15, 0.2) is 0 Å². The number of aryl methyl sites for hydroxylation is 1. The van der Waals surface area contributed by atoms with Crippen LogP contribution in [0.5, 0.6) is 0 Å². The summed E-state index contributed by atoms with van der Waals surface area (Å²) in [6.07, 6.45) is 3.79. The Kier molecular flexibility index (Phi) is 4.67. The third-order valence-electron chi connectivity index (χ3n) is 4.59. The van der Waals surface area contributed by atoms with Gasteiger partial charge in [-0.2, -0.15) is 4.57 Å². The summed E-state index contributed by atoms with van der Waals surface area (Å²) in [5.74, 6) is 1.03. The van der Waals surface area contributed by atoms with Crippen molar-refractivity contribution in [3.63, 3.8) is 0 Å². The topological polar surface area (TPSA) is 60.2 Å². The average molecular weight is 392 g/mol. The van der Waals surface area contributed by atoms with Crippen LogP contribution in [0.1, 0.15) is 11.5 Å². The molecule has 6 heteroatoms. The van der Waals surface area contributed by atoms with Crippen LogP contribution in [0.4, 0.5) is 5.69 Å². The van der Waals surface area contributed by atoms with Crippen molar-refractivity contribution >= 4 is 40.3 Å². The third kappa shape index (κ3) is 3.40. The van der Waals surface area contributed by atoms with Crippen LogP contribution in [-0.2, 0) is 7.05 Å². The van der Waals surface area contributed by atoms with Gasteiger partial charge in [0, 0.05) is 34.7 Å². The van der Waals surface area contributed by atoms with Crippen LogP contribution in [0.15, 0.2) is 71.1 Å². The van der Waals surface area contributed by atoms with E-state index >= 15 is 0 Å². The number of nitrogens with zero attached hydrogens (tertiary/aromatic N) is 2. The van der Waals surface area contributed by atoms with E-state index in [1.165, 1.54) is 6.07 Å². The highest BCUT2D eigenvalue weighted by molar-refractivity contribution is 6.30. The van der Waals surface area contributed by atoms with Crippen molar-refractivity contribution in [3.05, 3.63) is 93.3 Å². The van der Waals surface area contributed by atoms with E-state index in [4.69, 9.17) is 16.0 Å². The van der Waals surface area contributed by atoms with Gasteiger partial charge in [-0.05, 0) is 42.5 Å². The summed E-state index contributed by atoms with van der Waals surface area (Å²) in [5.41, 5.74) is 2.44. The van der Waals surface area contributed by atoms with E-state index in [2.05, 4.69) is 22.8 Å². The molecule has 0 aliphatic carbocycles. The molecule has 5 nitrogen and oxygen atoms in total. The van der Waals surface area contributed by atoms with Gasteiger partial charge in [-0.15, -0.1) is 0 Å². The molecule has 0 amide bonds. The van der Waals surface area contributed by atoms with Gasteiger partial charge in [-0.3, -0.25) is 10.1 Å². The molecule has 0 saturated carbocycles. The fraction of sp³-hybridized carbons (Fsp3) is 0.0455. The first-order valence-electron chi connectivity index (χ1n) is 8.63. The van der Waals surface area contributed by atoms with Crippen molar-refractivity contribution in [2.75, 3.05) is 0 Å². The molecule has 0 fully saturated rings. The maximum absolute atomic E-state index is 11.3. The van der Waals surface area contributed by atoms with Crippen molar-refractivity contribution in [1.82, 2.24) is 0 Å². The molecular weight excluding hydrogens is 376 g/mol. The Labute approximate surface area is 166 Å². The number of pyridine rings is 1. The highest BCUT2D eigenvalue weighted by Crippen LogP contribution is 2.33. The molecular formula is C22H16ClN2O3+. The van der Waals surface area contributed by atoms with Crippen LogP contribution in [-0.4, -0.2) is 4.92 Å². The summed E-state index contributed by atoms with van der Waals surface area (Å²) in [6, 6.07) is 20.3. The van der Waals surface area contributed by atoms with E-state index in [0.717, 1.165) is 16.6 Å². The third-order valence-corrected chi connectivity index (χ3v) is 4.82. The van der Waals surface area contributed by atoms with Crippen LogP contribution in [0.25, 0.3) is 34.4 Å². The Morgan fingerprint density at radius 3 is 2.68 bits per heavy atom. The van der Waals surface area contributed by atoms with E-state index in [-0.39, 0.29) is 5.69 Å². The van der Waals surface area contributed by atoms with Gasteiger partial charge in [0.25, 0.3) is 5.69 Å². The number of furan rings is 1. The van der Waals surface area contributed by atoms with Crippen molar-refractivity contribution in [3.8, 4) is 11.3 Å². The number of rotatable bonds is 4. The minimum Gasteiger partial charge on any atom is -0.456 e. The highest BCUT2D eigenvalue weighted by atomic mass is 35.5. The van der Waals surface area contributed by atoms with Crippen molar-refractivity contribution in [2.24, 2.45) is 7.05 Å². The molecule has 138 valence electrons. The standard InChI is InChI=1S/C22H16ClN2O3/c1-24-17(8-6-15-4-2-3-5-20(15)24)9-10-18-11-13-22(28-18)19-12-7-16(23)14-21(19)25(26)27/h2-14H,1H3/q+1/b10-9+. The Bertz CT molecular complexity index is 1230. The molecule has 4 aromatic rings. The lowest BCUT2D eigenvalue weighted by Crippen LogP contribution is -2.32. The largest absolute Gasteiger partial charge is 0.456 e. The molecule has 0 saturated heterocycles. The SMILES string of the molecule is C[n+]1c(/C=C/c2ccc(-c3ccc(Cl)cc3[N+](=O)[O-])o2)ccc2ccccc21. The second kappa shape index (κ2) is 7.29. The Morgan fingerprint density at radius 2 is 1.86 bits per heavy atom. The second-order valence-corrected chi connectivity index (χ2v) is 6.77. The lowest BCUT2D eigenvalue weighted by atomic mass is 10.1. The Hall–Kier alpha value is -3.44. The molecule has 0 radical (unpaired) electrons. The van der Waals surface area contributed by atoms with Crippen molar-refractivity contribution in [1.29, 1.82) is 0 Å². The van der Waals surface area contributed by atoms with Gasteiger partial charge in [0.05, 0.1) is 10.5 Å². The van der Waals surface area contributed by atoms with Gasteiger partial charge in [-0.1, -0.05) is 23.7 Å². The molecule has 0 atom stereocenters. The summed E-state index contributed by atoms with van der Waals surface area (Å²) in [6.45, 7) is 0. The van der Waals surface area contributed by atoms with E-state index in [0.29, 0.717) is 22.1 Å². The zero-order chi connectivity index (χ0) is 19.7. The molecule has 0 unspecified atom stereocenters. The predicted octanol–water partition coefficient (Wildman–Crippen LogP) is 5.66. The molecule has 0 spiro atoms. The van der Waals surface area contributed by atoms with E-state index < -0.39 is 4.92 Å². The molecule has 2 heterocycles. The highest BCUT2D eigenvalue weighted by Gasteiger charge is 2.18. The van der Waals surface area contributed by atoms with Crippen molar-refractivity contribution < 1.29 is 13.9 Å². The smallest absolute Gasteiger partial charge is 0.281 e. The molecule has 0 aliphatic rings. The summed E-state index contributed by atoms with van der Waals surface area (Å²) in [5, 5.41) is 12.8. The van der Waals surface area contributed by atoms with E-state index in [1.54, 1.807) is 24.3 Å². The zero-order valence-corrected chi connectivity index (χ0v) is 15.8. The van der Waals surface area contributed by atoms with Crippen LogP contribution in [0.3, 0.4) is 0 Å².